The first-order valence-electron chi connectivity index (χ1n) is 5.63. The Balaban J connectivity index is 2.03. The maximum atomic E-state index is 9.01. The van der Waals surface area contributed by atoms with Crippen LogP contribution in [0.3, 0.4) is 0 Å². The Labute approximate surface area is 120 Å². The summed E-state index contributed by atoms with van der Waals surface area (Å²) in [6, 6.07) is 2.08. The number of nitrogens with zero attached hydrogens (tertiary/aromatic N) is 2. The number of aromatic nitrogens is 1. The summed E-state index contributed by atoms with van der Waals surface area (Å²) in [4.78, 5) is 0. The van der Waals surface area contributed by atoms with Crippen molar-refractivity contribution in [3.05, 3.63) is 10.7 Å². The minimum Gasteiger partial charge on any atom is -0.381 e. The summed E-state index contributed by atoms with van der Waals surface area (Å²) in [5, 5.41) is 13.4. The first-order valence-corrected chi connectivity index (χ1v) is 8.00. The second kappa shape index (κ2) is 6.11. The zero-order chi connectivity index (χ0) is 13.0. The van der Waals surface area contributed by atoms with Gasteiger partial charge in [-0.3, -0.25) is 0 Å². The van der Waals surface area contributed by atoms with Crippen molar-refractivity contribution in [2.45, 2.75) is 17.6 Å². The number of hydrogen-bond acceptors (Lipinski definition) is 6. The zero-order valence-corrected chi connectivity index (χ0v) is 12.4. The van der Waals surface area contributed by atoms with Gasteiger partial charge in [0.05, 0.1) is 0 Å². The van der Waals surface area contributed by atoms with E-state index in [9.17, 15) is 0 Å². The molecule has 0 bridgehead atoms. The van der Waals surface area contributed by atoms with Crippen molar-refractivity contribution in [3.63, 3.8) is 0 Å². The Hall–Kier alpha value is -0.480. The number of rotatable bonds is 4. The van der Waals surface area contributed by atoms with E-state index < -0.39 is 0 Å². The molecule has 4 nitrogen and oxygen atoms in total. The Morgan fingerprint density at radius 1 is 1.61 bits per heavy atom. The normalized spacial score (nSPS) is 18.3. The number of ether oxygens (including phenoxy) is 1. The lowest BCUT2D eigenvalue weighted by atomic mass is 9.99. The molecule has 1 aliphatic rings. The van der Waals surface area contributed by atoms with Crippen LogP contribution in [0.1, 0.15) is 18.4 Å². The molecule has 0 spiro atoms. The van der Waals surface area contributed by atoms with Crippen LogP contribution in [-0.4, -0.2) is 35.1 Å². The molecule has 18 heavy (non-hydrogen) atoms. The summed E-state index contributed by atoms with van der Waals surface area (Å²) >= 11 is 8.95. The molecule has 0 saturated carbocycles. The van der Waals surface area contributed by atoms with Gasteiger partial charge < -0.3 is 10.1 Å². The van der Waals surface area contributed by atoms with Crippen molar-refractivity contribution in [1.29, 1.82) is 5.26 Å². The molecule has 1 aliphatic heterocycles. The van der Waals surface area contributed by atoms with Crippen LogP contribution in [0.25, 0.3) is 0 Å². The highest BCUT2D eigenvalue weighted by molar-refractivity contribution is 8.00. The zero-order valence-electron chi connectivity index (χ0n) is 10.0. The van der Waals surface area contributed by atoms with Gasteiger partial charge in [0.2, 0.25) is 0 Å². The fourth-order valence-corrected chi connectivity index (χ4v) is 3.65. The molecule has 0 atom stereocenters. The van der Waals surface area contributed by atoms with E-state index >= 15 is 0 Å². The number of halogens is 1. The van der Waals surface area contributed by atoms with E-state index in [-0.39, 0.29) is 9.90 Å². The van der Waals surface area contributed by atoms with Gasteiger partial charge in [-0.25, -0.2) is 0 Å². The SMILES string of the molecule is CSC1(CNc2snc(Cl)c2C#N)CCOCC1. The van der Waals surface area contributed by atoms with Crippen LogP contribution in [0.4, 0.5) is 5.00 Å². The van der Waals surface area contributed by atoms with Gasteiger partial charge in [-0.15, -0.1) is 0 Å². The highest BCUT2D eigenvalue weighted by Gasteiger charge is 2.32. The summed E-state index contributed by atoms with van der Waals surface area (Å²) in [6.07, 6.45) is 4.17. The highest BCUT2D eigenvalue weighted by atomic mass is 35.5. The summed E-state index contributed by atoms with van der Waals surface area (Å²) in [7, 11) is 0. The second-order valence-electron chi connectivity index (χ2n) is 4.14. The number of nitrogens with one attached hydrogen (secondary N) is 1. The average molecular weight is 304 g/mol. The van der Waals surface area contributed by atoms with E-state index in [0.717, 1.165) is 37.6 Å². The van der Waals surface area contributed by atoms with Gasteiger partial charge in [-0.05, 0) is 30.6 Å². The third-order valence-electron chi connectivity index (χ3n) is 3.17. The molecule has 0 unspecified atom stereocenters. The molecular formula is C11H14ClN3OS2. The van der Waals surface area contributed by atoms with Crippen molar-refractivity contribution >= 4 is 39.9 Å². The van der Waals surface area contributed by atoms with Gasteiger partial charge in [0.1, 0.15) is 16.6 Å². The Morgan fingerprint density at radius 2 is 2.33 bits per heavy atom. The van der Waals surface area contributed by atoms with Gasteiger partial charge >= 0.3 is 0 Å². The molecular weight excluding hydrogens is 290 g/mol. The topological polar surface area (TPSA) is 57.9 Å². The molecule has 98 valence electrons. The van der Waals surface area contributed by atoms with Crippen molar-refractivity contribution in [3.8, 4) is 6.07 Å². The lowest BCUT2D eigenvalue weighted by Crippen LogP contribution is -2.39. The van der Waals surface area contributed by atoms with Crippen LogP contribution in [-0.2, 0) is 4.74 Å². The Morgan fingerprint density at radius 3 is 2.94 bits per heavy atom. The largest absolute Gasteiger partial charge is 0.381 e. The van der Waals surface area contributed by atoms with Crippen molar-refractivity contribution in [2.75, 3.05) is 31.3 Å². The highest BCUT2D eigenvalue weighted by Crippen LogP contribution is 2.35. The third kappa shape index (κ3) is 2.91. The first kappa shape index (κ1) is 13.9. The average Bonchev–Trinajstić information content (AvgIpc) is 2.78. The van der Waals surface area contributed by atoms with Crippen LogP contribution in [0.2, 0.25) is 5.15 Å². The first-order chi connectivity index (χ1) is 8.71. The predicted octanol–water partition coefficient (Wildman–Crippen LogP) is 2.99. The smallest absolute Gasteiger partial charge is 0.162 e. The minimum atomic E-state index is 0.182. The third-order valence-corrected chi connectivity index (χ3v) is 5.77. The lowest BCUT2D eigenvalue weighted by molar-refractivity contribution is 0.0803. The van der Waals surface area contributed by atoms with Gasteiger partial charge in [0.25, 0.3) is 0 Å². The van der Waals surface area contributed by atoms with E-state index in [1.165, 1.54) is 11.5 Å². The quantitative estimate of drug-likeness (QED) is 0.926. The van der Waals surface area contributed by atoms with E-state index in [1.54, 1.807) is 0 Å². The van der Waals surface area contributed by atoms with Crippen molar-refractivity contribution in [2.24, 2.45) is 0 Å². The molecule has 2 heterocycles. The van der Waals surface area contributed by atoms with Crippen LogP contribution < -0.4 is 5.32 Å². The number of thioether (sulfide) groups is 1. The molecule has 0 aromatic carbocycles. The molecule has 7 heteroatoms. The van der Waals surface area contributed by atoms with E-state index in [2.05, 4.69) is 22.0 Å². The van der Waals surface area contributed by atoms with Crippen molar-refractivity contribution < 1.29 is 4.74 Å². The summed E-state index contributed by atoms with van der Waals surface area (Å²) in [5.74, 6) is 0. The van der Waals surface area contributed by atoms with Crippen molar-refractivity contribution in [1.82, 2.24) is 4.37 Å². The van der Waals surface area contributed by atoms with Crippen LogP contribution in [0.15, 0.2) is 0 Å². The molecule has 2 rings (SSSR count). The van der Waals surface area contributed by atoms with Crippen LogP contribution in [0.5, 0.6) is 0 Å². The number of hydrogen-bond donors (Lipinski definition) is 1. The maximum Gasteiger partial charge on any atom is 0.162 e. The van der Waals surface area contributed by atoms with E-state index in [1.807, 2.05) is 11.8 Å². The summed E-state index contributed by atoms with van der Waals surface area (Å²) in [5.41, 5.74) is 0.449. The summed E-state index contributed by atoms with van der Waals surface area (Å²) in [6.45, 7) is 2.42. The number of anilines is 1. The van der Waals surface area contributed by atoms with Gasteiger partial charge in [0.15, 0.2) is 5.15 Å². The van der Waals surface area contributed by atoms with Gasteiger partial charge in [-0.2, -0.15) is 21.4 Å². The molecule has 1 N–H and O–H groups in total. The second-order valence-corrected chi connectivity index (χ2v) is 6.55. The fourth-order valence-electron chi connectivity index (χ4n) is 1.93. The Bertz CT molecular complexity index is 452. The summed E-state index contributed by atoms with van der Waals surface area (Å²) < 4.78 is 9.58. The monoisotopic (exact) mass is 303 g/mol. The van der Waals surface area contributed by atoms with Gasteiger partial charge in [-0.1, -0.05) is 11.6 Å². The molecule has 0 amide bonds. The van der Waals surface area contributed by atoms with Crippen LogP contribution in [0, 0.1) is 11.3 Å². The standard InChI is InChI=1S/C11H14ClN3OS2/c1-17-11(2-4-16-5-3-11)7-14-10-8(6-13)9(12)15-18-10/h14H,2-5,7H2,1H3. The molecule has 1 fully saturated rings. The van der Waals surface area contributed by atoms with E-state index in [0.29, 0.717) is 5.56 Å². The molecule has 0 aliphatic carbocycles. The Kier molecular flexibility index (Phi) is 4.73. The molecule has 1 saturated heterocycles. The van der Waals surface area contributed by atoms with Crippen LogP contribution >= 0.6 is 34.9 Å². The molecule has 1 aromatic rings. The number of nitriles is 1. The molecule has 0 radical (unpaired) electrons. The minimum absolute atomic E-state index is 0.182. The van der Waals surface area contributed by atoms with Gasteiger partial charge in [0, 0.05) is 24.5 Å². The van der Waals surface area contributed by atoms with E-state index in [4.69, 9.17) is 21.6 Å². The fraction of sp³-hybridized carbons (Fsp3) is 0.636. The molecule has 1 aromatic heterocycles. The lowest BCUT2D eigenvalue weighted by Gasteiger charge is -2.35. The predicted molar refractivity (Wildman–Crippen MR) is 76.6 cm³/mol. The maximum absolute atomic E-state index is 9.01.